The van der Waals surface area contributed by atoms with Gasteiger partial charge >= 0.3 is 5.97 Å². The van der Waals surface area contributed by atoms with Gasteiger partial charge in [0, 0.05) is 7.11 Å². The van der Waals surface area contributed by atoms with E-state index in [0.29, 0.717) is 32.3 Å². The molecule has 0 aliphatic heterocycles. The second kappa shape index (κ2) is 7.63. The van der Waals surface area contributed by atoms with E-state index >= 15 is 0 Å². The standard InChI is InChI=1S/C10H18O4.C2H6/c1-3-14-9(11)10(12)6-4-8(13-2)5-7-10;1-2/h8,12H,3-7H2,1-2H3;1-2H3. The Balaban J connectivity index is 0.00000106. The summed E-state index contributed by atoms with van der Waals surface area (Å²) in [5.74, 6) is -0.491. The summed E-state index contributed by atoms with van der Waals surface area (Å²) >= 11 is 0. The summed E-state index contributed by atoms with van der Waals surface area (Å²) in [7, 11) is 1.65. The van der Waals surface area contributed by atoms with Gasteiger partial charge in [-0.3, -0.25) is 0 Å². The molecule has 0 saturated heterocycles. The number of carbonyl (C=O) groups is 1. The summed E-state index contributed by atoms with van der Waals surface area (Å²) < 4.78 is 9.98. The fourth-order valence-corrected chi connectivity index (χ4v) is 1.77. The van der Waals surface area contributed by atoms with Crippen LogP contribution in [-0.2, 0) is 14.3 Å². The zero-order valence-corrected chi connectivity index (χ0v) is 10.8. The third-order valence-electron chi connectivity index (χ3n) is 2.75. The molecule has 0 unspecified atom stereocenters. The number of methoxy groups -OCH3 is 1. The van der Waals surface area contributed by atoms with Crippen LogP contribution in [0.2, 0.25) is 0 Å². The molecular weight excluding hydrogens is 208 g/mol. The number of esters is 1. The molecule has 0 heterocycles. The van der Waals surface area contributed by atoms with Crippen LogP contribution in [0.1, 0.15) is 46.5 Å². The van der Waals surface area contributed by atoms with E-state index in [1.807, 2.05) is 13.8 Å². The summed E-state index contributed by atoms with van der Waals surface area (Å²) in [5, 5.41) is 9.95. The maximum Gasteiger partial charge on any atom is 0.338 e. The fraction of sp³-hybridized carbons (Fsp3) is 0.917. The van der Waals surface area contributed by atoms with Crippen molar-refractivity contribution < 1.29 is 19.4 Å². The molecule has 1 rings (SSSR count). The van der Waals surface area contributed by atoms with Gasteiger partial charge in [0.15, 0.2) is 5.60 Å². The first-order chi connectivity index (χ1) is 7.62. The average Bonchev–Trinajstić information content (AvgIpc) is 2.33. The van der Waals surface area contributed by atoms with Crippen molar-refractivity contribution in [3.05, 3.63) is 0 Å². The summed E-state index contributed by atoms with van der Waals surface area (Å²) in [6.45, 7) is 6.05. The van der Waals surface area contributed by atoms with Crippen LogP contribution in [0.25, 0.3) is 0 Å². The average molecular weight is 232 g/mol. The normalized spacial score (nSPS) is 28.9. The Hall–Kier alpha value is -0.610. The van der Waals surface area contributed by atoms with Gasteiger partial charge in [-0.1, -0.05) is 13.8 Å². The van der Waals surface area contributed by atoms with E-state index in [9.17, 15) is 9.90 Å². The lowest BCUT2D eigenvalue weighted by Gasteiger charge is -2.33. The van der Waals surface area contributed by atoms with Crippen LogP contribution in [0, 0.1) is 0 Å². The summed E-state index contributed by atoms with van der Waals surface area (Å²) in [6, 6.07) is 0. The molecule has 1 aliphatic carbocycles. The van der Waals surface area contributed by atoms with Crippen molar-refractivity contribution in [3.63, 3.8) is 0 Å². The second-order valence-electron chi connectivity index (χ2n) is 3.69. The van der Waals surface area contributed by atoms with E-state index in [-0.39, 0.29) is 6.10 Å². The van der Waals surface area contributed by atoms with E-state index in [1.165, 1.54) is 0 Å². The highest BCUT2D eigenvalue weighted by Gasteiger charge is 2.41. The van der Waals surface area contributed by atoms with Crippen molar-refractivity contribution in [1.82, 2.24) is 0 Å². The van der Waals surface area contributed by atoms with Gasteiger partial charge in [-0.25, -0.2) is 4.79 Å². The Morgan fingerprint density at radius 3 is 2.25 bits per heavy atom. The smallest absolute Gasteiger partial charge is 0.338 e. The van der Waals surface area contributed by atoms with E-state index in [2.05, 4.69) is 0 Å². The highest BCUT2D eigenvalue weighted by atomic mass is 16.5. The largest absolute Gasteiger partial charge is 0.464 e. The quantitative estimate of drug-likeness (QED) is 0.755. The van der Waals surface area contributed by atoms with Crippen molar-refractivity contribution >= 4 is 5.97 Å². The van der Waals surface area contributed by atoms with Gasteiger partial charge in [0.1, 0.15) is 0 Å². The van der Waals surface area contributed by atoms with Crippen molar-refractivity contribution in [2.24, 2.45) is 0 Å². The number of ether oxygens (including phenoxy) is 2. The molecule has 16 heavy (non-hydrogen) atoms. The molecule has 0 bridgehead atoms. The predicted octanol–water partition coefficient (Wildman–Crippen LogP) is 1.90. The summed E-state index contributed by atoms with van der Waals surface area (Å²) in [6.07, 6.45) is 2.47. The third kappa shape index (κ3) is 4.10. The van der Waals surface area contributed by atoms with Crippen molar-refractivity contribution in [1.29, 1.82) is 0 Å². The van der Waals surface area contributed by atoms with E-state index in [0.717, 1.165) is 0 Å². The summed E-state index contributed by atoms with van der Waals surface area (Å²) in [4.78, 5) is 11.4. The maximum atomic E-state index is 11.4. The number of carbonyl (C=O) groups excluding carboxylic acids is 1. The molecule has 1 N–H and O–H groups in total. The Labute approximate surface area is 97.9 Å². The van der Waals surface area contributed by atoms with Gasteiger partial charge in [-0.15, -0.1) is 0 Å². The van der Waals surface area contributed by atoms with Gasteiger partial charge in [-0.05, 0) is 32.6 Å². The minimum absolute atomic E-state index is 0.171. The highest BCUT2D eigenvalue weighted by Crippen LogP contribution is 2.30. The van der Waals surface area contributed by atoms with Crippen LogP contribution >= 0.6 is 0 Å². The molecule has 0 amide bonds. The zero-order chi connectivity index (χ0) is 12.6. The van der Waals surface area contributed by atoms with Crippen molar-refractivity contribution in [3.8, 4) is 0 Å². The van der Waals surface area contributed by atoms with Crippen LogP contribution in [-0.4, -0.2) is 36.5 Å². The minimum Gasteiger partial charge on any atom is -0.464 e. The fourth-order valence-electron chi connectivity index (χ4n) is 1.77. The molecule has 0 aromatic heterocycles. The molecule has 0 radical (unpaired) electrons. The predicted molar refractivity (Wildman–Crippen MR) is 62.2 cm³/mol. The third-order valence-corrected chi connectivity index (χ3v) is 2.75. The van der Waals surface area contributed by atoms with Crippen molar-refractivity contribution in [2.45, 2.75) is 58.2 Å². The van der Waals surface area contributed by atoms with Crippen LogP contribution < -0.4 is 0 Å². The molecule has 1 aliphatic rings. The van der Waals surface area contributed by atoms with Crippen LogP contribution in [0.5, 0.6) is 0 Å². The Bertz CT molecular complexity index is 195. The van der Waals surface area contributed by atoms with Gasteiger partial charge < -0.3 is 14.6 Å². The van der Waals surface area contributed by atoms with Crippen molar-refractivity contribution in [2.75, 3.05) is 13.7 Å². The lowest BCUT2D eigenvalue weighted by Crippen LogP contribution is -2.44. The van der Waals surface area contributed by atoms with E-state index in [1.54, 1.807) is 14.0 Å². The molecule has 4 heteroatoms. The second-order valence-corrected chi connectivity index (χ2v) is 3.69. The molecule has 0 aromatic carbocycles. The molecular formula is C12H24O4. The first kappa shape index (κ1) is 15.4. The molecule has 4 nitrogen and oxygen atoms in total. The lowest BCUT2D eigenvalue weighted by atomic mass is 9.83. The van der Waals surface area contributed by atoms with Crippen LogP contribution in [0.4, 0.5) is 0 Å². The molecule has 96 valence electrons. The zero-order valence-electron chi connectivity index (χ0n) is 10.8. The Kier molecular flexibility index (Phi) is 7.34. The molecule has 0 atom stereocenters. The van der Waals surface area contributed by atoms with Gasteiger partial charge in [0.05, 0.1) is 12.7 Å². The lowest BCUT2D eigenvalue weighted by molar-refractivity contribution is -0.170. The highest BCUT2D eigenvalue weighted by molar-refractivity contribution is 5.79. The summed E-state index contributed by atoms with van der Waals surface area (Å²) in [5.41, 5.74) is -1.27. The number of hydrogen-bond donors (Lipinski definition) is 1. The first-order valence-electron chi connectivity index (χ1n) is 6.05. The topological polar surface area (TPSA) is 55.8 Å². The van der Waals surface area contributed by atoms with Gasteiger partial charge in [0.2, 0.25) is 0 Å². The van der Waals surface area contributed by atoms with E-state index < -0.39 is 11.6 Å². The Morgan fingerprint density at radius 2 is 1.88 bits per heavy atom. The van der Waals surface area contributed by atoms with Gasteiger partial charge in [0.25, 0.3) is 0 Å². The minimum atomic E-state index is -1.27. The molecule has 1 fully saturated rings. The van der Waals surface area contributed by atoms with E-state index in [4.69, 9.17) is 9.47 Å². The number of hydrogen-bond acceptors (Lipinski definition) is 4. The SMILES string of the molecule is CC.CCOC(=O)C1(O)CCC(OC)CC1. The van der Waals surface area contributed by atoms with Gasteiger partial charge in [-0.2, -0.15) is 0 Å². The Morgan fingerprint density at radius 1 is 1.38 bits per heavy atom. The molecule has 1 saturated carbocycles. The first-order valence-corrected chi connectivity index (χ1v) is 6.05. The van der Waals surface area contributed by atoms with Crippen LogP contribution in [0.3, 0.4) is 0 Å². The number of aliphatic hydroxyl groups is 1. The molecule has 0 aromatic rings. The molecule has 0 spiro atoms. The maximum absolute atomic E-state index is 11.4. The monoisotopic (exact) mass is 232 g/mol. The van der Waals surface area contributed by atoms with Crippen LogP contribution in [0.15, 0.2) is 0 Å². The number of rotatable bonds is 3.